The van der Waals surface area contributed by atoms with E-state index in [0.29, 0.717) is 22.9 Å². The van der Waals surface area contributed by atoms with Gasteiger partial charge in [0.1, 0.15) is 22.2 Å². The molecule has 3 unspecified atom stereocenters. The molecule has 2 N–H and O–H groups in total. The quantitative estimate of drug-likeness (QED) is 0.236. The van der Waals surface area contributed by atoms with Crippen LogP contribution in [-0.4, -0.2) is 33.1 Å². The molecule has 3 aromatic heterocycles. The molecule has 3 atom stereocenters. The third-order valence-electron chi connectivity index (χ3n) is 8.49. The van der Waals surface area contributed by atoms with Crippen LogP contribution < -0.4 is 5.32 Å². The molecule has 0 bridgehead atoms. The van der Waals surface area contributed by atoms with Gasteiger partial charge in [0.15, 0.2) is 0 Å². The topological polar surface area (TPSA) is 97.2 Å². The SMILES string of the molecule is COC(=O)c1ccc2c(c1)CCCC2(O)c1ncc(-c2cc(C)cc(Nc3cc(C4CCCC(C)C4)ccn3)n2)s1. The smallest absolute Gasteiger partial charge is 0.337 e. The van der Waals surface area contributed by atoms with Crippen molar-refractivity contribution in [1.29, 1.82) is 0 Å². The summed E-state index contributed by atoms with van der Waals surface area (Å²) in [5, 5.41) is 15.9. The molecule has 2 aliphatic carbocycles. The average molecular weight is 569 g/mol. The van der Waals surface area contributed by atoms with Crippen molar-refractivity contribution in [2.75, 3.05) is 12.4 Å². The molecule has 4 aromatic rings. The lowest BCUT2D eigenvalue weighted by Gasteiger charge is -2.33. The number of thiazole rings is 1. The number of fused-ring (bicyclic) bond motifs is 1. The first kappa shape index (κ1) is 27.5. The van der Waals surface area contributed by atoms with Crippen LogP contribution in [0.3, 0.4) is 0 Å². The maximum atomic E-state index is 12.1. The Hall–Kier alpha value is -3.62. The summed E-state index contributed by atoms with van der Waals surface area (Å²) in [6.07, 6.45) is 10.9. The number of ether oxygens (including phenoxy) is 1. The van der Waals surface area contributed by atoms with Crippen molar-refractivity contribution in [3.63, 3.8) is 0 Å². The number of benzene rings is 1. The van der Waals surface area contributed by atoms with Crippen molar-refractivity contribution < 1.29 is 14.6 Å². The van der Waals surface area contributed by atoms with Crippen LogP contribution in [0.5, 0.6) is 0 Å². The van der Waals surface area contributed by atoms with Crippen LogP contribution in [0.25, 0.3) is 10.6 Å². The van der Waals surface area contributed by atoms with Crippen LogP contribution in [-0.2, 0) is 16.8 Å². The summed E-state index contributed by atoms with van der Waals surface area (Å²) >= 11 is 1.46. The highest BCUT2D eigenvalue weighted by molar-refractivity contribution is 7.15. The predicted molar refractivity (Wildman–Crippen MR) is 162 cm³/mol. The number of hydrogen-bond acceptors (Lipinski definition) is 8. The first-order chi connectivity index (χ1) is 19.8. The van der Waals surface area contributed by atoms with Gasteiger partial charge in [-0.15, -0.1) is 11.3 Å². The summed E-state index contributed by atoms with van der Waals surface area (Å²) in [4.78, 5) is 27.1. The summed E-state index contributed by atoms with van der Waals surface area (Å²) in [6, 6.07) is 13.8. The minimum absolute atomic E-state index is 0.376. The van der Waals surface area contributed by atoms with Crippen molar-refractivity contribution in [3.8, 4) is 10.6 Å². The summed E-state index contributed by atoms with van der Waals surface area (Å²) in [7, 11) is 1.38. The number of anilines is 2. The first-order valence-electron chi connectivity index (χ1n) is 14.4. The van der Waals surface area contributed by atoms with Gasteiger partial charge in [-0.25, -0.2) is 19.7 Å². The van der Waals surface area contributed by atoms with Gasteiger partial charge >= 0.3 is 5.97 Å². The second-order valence-corrected chi connectivity index (χ2v) is 12.6. The number of rotatable bonds is 6. The fourth-order valence-corrected chi connectivity index (χ4v) is 7.43. The van der Waals surface area contributed by atoms with Crippen molar-refractivity contribution in [2.24, 2.45) is 5.92 Å². The van der Waals surface area contributed by atoms with E-state index in [4.69, 9.17) is 9.72 Å². The highest BCUT2D eigenvalue weighted by Gasteiger charge is 2.39. The number of nitrogens with zero attached hydrogens (tertiary/aromatic N) is 3. The molecule has 8 heteroatoms. The minimum atomic E-state index is -1.21. The molecule has 6 rings (SSSR count). The molecule has 0 aliphatic heterocycles. The van der Waals surface area contributed by atoms with Gasteiger partial charge in [-0.05, 0) is 110 Å². The fourth-order valence-electron chi connectivity index (χ4n) is 6.42. The van der Waals surface area contributed by atoms with Gasteiger partial charge in [-0.3, -0.25) is 0 Å². The number of aliphatic hydroxyl groups is 1. The van der Waals surface area contributed by atoms with Crippen molar-refractivity contribution >= 4 is 28.9 Å². The molecule has 7 nitrogen and oxygen atoms in total. The zero-order chi connectivity index (χ0) is 28.6. The summed E-state index contributed by atoms with van der Waals surface area (Å²) in [5.74, 6) is 2.50. The van der Waals surface area contributed by atoms with Crippen LogP contribution in [0.4, 0.5) is 11.6 Å². The minimum Gasteiger partial charge on any atom is -0.465 e. The molecule has 0 amide bonds. The van der Waals surface area contributed by atoms with Gasteiger partial charge in [0.25, 0.3) is 0 Å². The fraction of sp³-hybridized carbons (Fsp3) is 0.394. The number of aryl methyl sites for hydroxylation is 2. The molecule has 41 heavy (non-hydrogen) atoms. The number of carbonyl (C=O) groups is 1. The summed E-state index contributed by atoms with van der Waals surface area (Å²) in [6.45, 7) is 4.40. The highest BCUT2D eigenvalue weighted by Crippen LogP contribution is 2.44. The first-order valence-corrected chi connectivity index (χ1v) is 15.3. The van der Waals surface area contributed by atoms with Crippen LogP contribution >= 0.6 is 11.3 Å². The molecule has 1 fully saturated rings. The Morgan fingerprint density at radius 1 is 1.10 bits per heavy atom. The van der Waals surface area contributed by atoms with Crippen molar-refractivity contribution in [2.45, 2.75) is 70.3 Å². The molecule has 212 valence electrons. The van der Waals surface area contributed by atoms with E-state index in [1.165, 1.54) is 49.7 Å². The standard InChI is InChI=1S/C33H36N4O3S/c1-20-6-4-7-22(14-20)23-11-13-34-29(18-23)37-30-16-21(2)15-27(36-30)28-19-35-32(41-28)33(39)12-5-8-24-17-25(31(38)40-3)9-10-26(24)33/h9-11,13,15-20,22,39H,4-8,12,14H2,1-3H3,(H,34,36,37). The maximum absolute atomic E-state index is 12.1. The van der Waals surface area contributed by atoms with E-state index in [2.05, 4.69) is 41.3 Å². The Morgan fingerprint density at radius 3 is 2.80 bits per heavy atom. The third-order valence-corrected chi connectivity index (χ3v) is 9.66. The van der Waals surface area contributed by atoms with E-state index in [0.717, 1.165) is 57.7 Å². The Labute approximate surface area is 245 Å². The van der Waals surface area contributed by atoms with E-state index in [9.17, 15) is 9.90 Å². The van der Waals surface area contributed by atoms with Gasteiger partial charge in [-0.1, -0.05) is 25.8 Å². The molecule has 2 aliphatic rings. The van der Waals surface area contributed by atoms with Gasteiger partial charge < -0.3 is 15.2 Å². The largest absolute Gasteiger partial charge is 0.465 e. The number of methoxy groups -OCH3 is 1. The number of esters is 1. The van der Waals surface area contributed by atoms with Crippen LogP contribution in [0, 0.1) is 12.8 Å². The number of pyridine rings is 2. The van der Waals surface area contributed by atoms with Gasteiger partial charge in [0.05, 0.1) is 23.2 Å². The highest BCUT2D eigenvalue weighted by atomic mass is 32.1. The van der Waals surface area contributed by atoms with Crippen LogP contribution in [0.15, 0.2) is 54.9 Å². The molecular weight excluding hydrogens is 532 g/mol. The molecule has 0 radical (unpaired) electrons. The molecular formula is C33H36N4O3S. The predicted octanol–water partition coefficient (Wildman–Crippen LogP) is 7.30. The lowest BCUT2D eigenvalue weighted by Crippen LogP contribution is -2.32. The van der Waals surface area contributed by atoms with Crippen LogP contribution in [0.1, 0.15) is 89.0 Å². The molecule has 0 spiro atoms. The van der Waals surface area contributed by atoms with Gasteiger partial charge in [0, 0.05) is 12.4 Å². The van der Waals surface area contributed by atoms with Crippen molar-refractivity contribution in [3.05, 3.63) is 87.7 Å². The summed E-state index contributed by atoms with van der Waals surface area (Å²) < 4.78 is 4.88. The van der Waals surface area contributed by atoms with Gasteiger partial charge in [0.2, 0.25) is 0 Å². The molecule has 3 heterocycles. The number of hydrogen-bond donors (Lipinski definition) is 2. The number of nitrogens with one attached hydrogen (secondary N) is 1. The van der Waals surface area contributed by atoms with E-state index in [1.54, 1.807) is 12.3 Å². The zero-order valence-electron chi connectivity index (χ0n) is 23.8. The second-order valence-electron chi connectivity index (χ2n) is 11.6. The number of aromatic nitrogens is 3. The Bertz CT molecular complexity index is 1580. The monoisotopic (exact) mass is 568 g/mol. The third kappa shape index (κ3) is 5.63. The van der Waals surface area contributed by atoms with E-state index in [1.807, 2.05) is 30.5 Å². The number of carbonyl (C=O) groups excluding carboxylic acids is 1. The molecule has 0 saturated heterocycles. The maximum Gasteiger partial charge on any atom is 0.337 e. The summed E-state index contributed by atoms with van der Waals surface area (Å²) in [5.41, 5.74) is 4.25. The average Bonchev–Trinajstić information content (AvgIpc) is 3.48. The zero-order valence-corrected chi connectivity index (χ0v) is 24.6. The Kier molecular flexibility index (Phi) is 7.62. The lowest BCUT2D eigenvalue weighted by molar-refractivity contribution is 0.0583. The molecule has 1 saturated carbocycles. The van der Waals surface area contributed by atoms with E-state index >= 15 is 0 Å². The normalized spacial score (nSPS) is 22.1. The Balaban J connectivity index is 1.26. The Morgan fingerprint density at radius 2 is 1.98 bits per heavy atom. The lowest BCUT2D eigenvalue weighted by atomic mass is 9.79. The van der Waals surface area contributed by atoms with Gasteiger partial charge in [-0.2, -0.15) is 0 Å². The molecule has 1 aromatic carbocycles. The van der Waals surface area contributed by atoms with Crippen molar-refractivity contribution in [1.82, 2.24) is 15.0 Å². The van der Waals surface area contributed by atoms with E-state index in [-0.39, 0.29) is 5.97 Å². The second kappa shape index (κ2) is 11.3. The van der Waals surface area contributed by atoms with E-state index < -0.39 is 5.60 Å². The van der Waals surface area contributed by atoms with Crippen LogP contribution in [0.2, 0.25) is 0 Å².